The molecule has 0 bridgehead atoms. The summed E-state index contributed by atoms with van der Waals surface area (Å²) in [7, 11) is 0. The van der Waals surface area contributed by atoms with E-state index in [4.69, 9.17) is 5.73 Å². The molecule has 2 aliphatic rings. The molecular formula is C14H24N4. The Hall–Kier alpha value is -0.870. The molecule has 0 spiro atoms. The largest absolute Gasteiger partial charge is 0.328 e. The Labute approximate surface area is 109 Å². The van der Waals surface area contributed by atoms with Gasteiger partial charge in [0.2, 0.25) is 0 Å². The van der Waals surface area contributed by atoms with Crippen molar-refractivity contribution in [1.29, 1.82) is 0 Å². The molecule has 2 aliphatic heterocycles. The van der Waals surface area contributed by atoms with Crippen molar-refractivity contribution in [3.8, 4) is 0 Å². The second kappa shape index (κ2) is 4.35. The van der Waals surface area contributed by atoms with Crippen LogP contribution >= 0.6 is 0 Å². The van der Waals surface area contributed by atoms with Crippen molar-refractivity contribution in [3.05, 3.63) is 18.2 Å². The summed E-state index contributed by atoms with van der Waals surface area (Å²) < 4.78 is 2.34. The van der Waals surface area contributed by atoms with Gasteiger partial charge in [0.25, 0.3) is 0 Å². The minimum atomic E-state index is -0.307. The lowest BCUT2D eigenvalue weighted by Crippen LogP contribution is -2.39. The van der Waals surface area contributed by atoms with Gasteiger partial charge in [0.15, 0.2) is 0 Å². The summed E-state index contributed by atoms with van der Waals surface area (Å²) in [6, 6.07) is 1.28. The van der Waals surface area contributed by atoms with Gasteiger partial charge in [-0.05, 0) is 39.7 Å². The molecule has 0 amide bonds. The second-order valence-electron chi connectivity index (χ2n) is 6.36. The molecule has 1 aromatic rings. The lowest BCUT2D eigenvalue weighted by Gasteiger charge is -2.34. The molecule has 4 nitrogen and oxygen atoms in total. The van der Waals surface area contributed by atoms with Crippen LogP contribution in [0.4, 0.5) is 0 Å². The maximum Gasteiger partial charge on any atom is 0.0951 e. The molecule has 4 heteroatoms. The van der Waals surface area contributed by atoms with Crippen LogP contribution in [0.2, 0.25) is 0 Å². The van der Waals surface area contributed by atoms with E-state index in [0.29, 0.717) is 12.1 Å². The van der Waals surface area contributed by atoms with Gasteiger partial charge < -0.3 is 10.3 Å². The number of piperidine rings is 1. The zero-order valence-electron chi connectivity index (χ0n) is 11.5. The van der Waals surface area contributed by atoms with E-state index >= 15 is 0 Å². The van der Waals surface area contributed by atoms with Crippen molar-refractivity contribution in [1.82, 2.24) is 14.5 Å². The lowest BCUT2D eigenvalue weighted by atomic mass is 9.97. The van der Waals surface area contributed by atoms with Crippen LogP contribution in [0.3, 0.4) is 0 Å². The number of aromatic nitrogens is 2. The predicted molar refractivity (Wildman–Crippen MR) is 72.3 cm³/mol. The van der Waals surface area contributed by atoms with E-state index in [1.54, 1.807) is 0 Å². The van der Waals surface area contributed by atoms with Crippen LogP contribution in [-0.2, 0) is 5.54 Å². The zero-order valence-corrected chi connectivity index (χ0v) is 11.5. The molecule has 2 N–H and O–H groups in total. The van der Waals surface area contributed by atoms with E-state index in [-0.39, 0.29) is 5.54 Å². The fraction of sp³-hybridized carbons (Fsp3) is 0.786. The SMILES string of the molecule is CC(C)(N)c1cncn1C1CCN2CCCCC12. The quantitative estimate of drug-likeness (QED) is 0.869. The highest BCUT2D eigenvalue weighted by atomic mass is 15.3. The Morgan fingerprint density at radius 1 is 1.22 bits per heavy atom. The number of imidazole rings is 1. The topological polar surface area (TPSA) is 47.1 Å². The Balaban J connectivity index is 1.89. The minimum absolute atomic E-state index is 0.307. The van der Waals surface area contributed by atoms with Crippen molar-refractivity contribution < 1.29 is 0 Å². The first-order chi connectivity index (χ1) is 8.57. The highest BCUT2D eigenvalue weighted by molar-refractivity contribution is 5.13. The maximum atomic E-state index is 6.26. The second-order valence-corrected chi connectivity index (χ2v) is 6.36. The van der Waals surface area contributed by atoms with Crippen LogP contribution in [0.5, 0.6) is 0 Å². The molecule has 2 fully saturated rings. The fourth-order valence-electron chi connectivity index (χ4n) is 3.61. The van der Waals surface area contributed by atoms with Gasteiger partial charge in [0, 0.05) is 18.8 Å². The smallest absolute Gasteiger partial charge is 0.0951 e. The van der Waals surface area contributed by atoms with Crippen molar-refractivity contribution in [2.75, 3.05) is 13.1 Å². The summed E-state index contributed by atoms with van der Waals surface area (Å²) in [6.45, 7) is 6.64. The third-order valence-corrected chi connectivity index (χ3v) is 4.50. The van der Waals surface area contributed by atoms with Gasteiger partial charge in [-0.1, -0.05) is 6.42 Å². The van der Waals surface area contributed by atoms with Crippen LogP contribution in [0.15, 0.2) is 12.5 Å². The van der Waals surface area contributed by atoms with E-state index in [0.717, 1.165) is 0 Å². The van der Waals surface area contributed by atoms with Crippen LogP contribution in [0.25, 0.3) is 0 Å². The van der Waals surface area contributed by atoms with Crippen molar-refractivity contribution in [2.45, 2.75) is 57.2 Å². The first-order valence-electron chi connectivity index (χ1n) is 7.12. The molecule has 2 unspecified atom stereocenters. The lowest BCUT2D eigenvalue weighted by molar-refractivity contribution is 0.171. The average Bonchev–Trinajstić information content (AvgIpc) is 2.93. The Bertz CT molecular complexity index is 418. The Kier molecular flexibility index (Phi) is 2.94. The molecule has 2 saturated heterocycles. The van der Waals surface area contributed by atoms with Gasteiger partial charge in [0.1, 0.15) is 0 Å². The van der Waals surface area contributed by atoms with Crippen LogP contribution < -0.4 is 5.73 Å². The van der Waals surface area contributed by atoms with Crippen molar-refractivity contribution >= 4 is 0 Å². The van der Waals surface area contributed by atoms with Gasteiger partial charge in [0.05, 0.1) is 23.6 Å². The average molecular weight is 248 g/mol. The first-order valence-corrected chi connectivity index (χ1v) is 7.12. The molecule has 0 radical (unpaired) electrons. The predicted octanol–water partition coefficient (Wildman–Crippen LogP) is 1.88. The van der Waals surface area contributed by atoms with Crippen LogP contribution in [0, 0.1) is 0 Å². The summed E-state index contributed by atoms with van der Waals surface area (Å²) >= 11 is 0. The minimum Gasteiger partial charge on any atom is -0.328 e. The Morgan fingerprint density at radius 3 is 2.83 bits per heavy atom. The summed E-state index contributed by atoms with van der Waals surface area (Å²) in [4.78, 5) is 6.99. The van der Waals surface area contributed by atoms with Gasteiger partial charge in [-0.15, -0.1) is 0 Å². The van der Waals surface area contributed by atoms with E-state index in [1.165, 1.54) is 44.5 Å². The molecule has 0 aliphatic carbocycles. The van der Waals surface area contributed by atoms with Gasteiger partial charge in [-0.25, -0.2) is 4.98 Å². The summed E-state index contributed by atoms with van der Waals surface area (Å²) in [6.07, 6.45) is 9.21. The number of fused-ring (bicyclic) bond motifs is 1. The monoisotopic (exact) mass is 248 g/mol. The van der Waals surface area contributed by atoms with E-state index < -0.39 is 0 Å². The number of nitrogens with two attached hydrogens (primary N) is 1. The van der Waals surface area contributed by atoms with Gasteiger partial charge in [-0.3, -0.25) is 4.90 Å². The van der Waals surface area contributed by atoms with Crippen LogP contribution in [-0.4, -0.2) is 33.6 Å². The standard InChI is InChI=1S/C14H24N4/c1-14(2,15)13-9-16-10-18(13)12-6-8-17-7-4-3-5-11(12)17/h9-12H,3-8,15H2,1-2H3. The molecular weight excluding hydrogens is 224 g/mol. The fourth-order valence-corrected chi connectivity index (χ4v) is 3.61. The molecule has 18 heavy (non-hydrogen) atoms. The van der Waals surface area contributed by atoms with Gasteiger partial charge >= 0.3 is 0 Å². The molecule has 0 aromatic carbocycles. The number of rotatable bonds is 2. The first kappa shape index (κ1) is 12.2. The molecule has 0 saturated carbocycles. The molecule has 3 rings (SSSR count). The summed E-state index contributed by atoms with van der Waals surface area (Å²) in [5.74, 6) is 0. The number of nitrogens with zero attached hydrogens (tertiary/aromatic N) is 3. The Morgan fingerprint density at radius 2 is 2.06 bits per heavy atom. The van der Waals surface area contributed by atoms with Gasteiger partial charge in [-0.2, -0.15) is 0 Å². The third-order valence-electron chi connectivity index (χ3n) is 4.50. The van der Waals surface area contributed by atoms with Crippen molar-refractivity contribution in [2.24, 2.45) is 5.73 Å². The summed E-state index contributed by atoms with van der Waals surface area (Å²) in [5.41, 5.74) is 7.12. The van der Waals surface area contributed by atoms with Crippen molar-refractivity contribution in [3.63, 3.8) is 0 Å². The number of hydrogen-bond acceptors (Lipinski definition) is 3. The highest BCUT2D eigenvalue weighted by Crippen LogP contribution is 2.36. The van der Waals surface area contributed by atoms with E-state index in [2.05, 4.69) is 28.3 Å². The highest BCUT2D eigenvalue weighted by Gasteiger charge is 2.38. The molecule has 3 heterocycles. The third kappa shape index (κ3) is 1.97. The summed E-state index contributed by atoms with van der Waals surface area (Å²) in [5, 5.41) is 0. The number of hydrogen-bond donors (Lipinski definition) is 1. The zero-order chi connectivity index (χ0) is 12.8. The van der Waals surface area contributed by atoms with E-state index in [1.807, 2.05) is 12.5 Å². The molecule has 2 atom stereocenters. The molecule has 1 aromatic heterocycles. The van der Waals surface area contributed by atoms with E-state index in [9.17, 15) is 0 Å². The maximum absolute atomic E-state index is 6.26. The van der Waals surface area contributed by atoms with Crippen LogP contribution in [0.1, 0.15) is 51.3 Å². The molecule has 100 valence electrons. The normalized spacial score (nSPS) is 29.5.